The average molecular weight is 244 g/mol. The predicted octanol–water partition coefficient (Wildman–Crippen LogP) is 2.98. The SMILES string of the molecule is Cc1ccc(C)n1Nc1ncnc2ccsc12. The highest BCUT2D eigenvalue weighted by Gasteiger charge is 2.07. The highest BCUT2D eigenvalue weighted by atomic mass is 32.1. The van der Waals surface area contributed by atoms with Crippen LogP contribution in [0.2, 0.25) is 0 Å². The first-order valence-corrected chi connectivity index (χ1v) is 6.24. The van der Waals surface area contributed by atoms with Crippen molar-refractivity contribution in [3.63, 3.8) is 0 Å². The van der Waals surface area contributed by atoms with Crippen LogP contribution >= 0.6 is 11.3 Å². The highest BCUT2D eigenvalue weighted by Crippen LogP contribution is 2.25. The molecule has 4 nitrogen and oxygen atoms in total. The molecule has 0 atom stereocenters. The van der Waals surface area contributed by atoms with E-state index in [-0.39, 0.29) is 0 Å². The molecule has 0 amide bonds. The molecule has 0 fully saturated rings. The molecule has 0 aromatic carbocycles. The Morgan fingerprint density at radius 2 is 1.88 bits per heavy atom. The standard InChI is InChI=1S/C12H12N4S/c1-8-3-4-9(2)16(8)15-12-11-10(5-6-17-11)13-7-14-12/h3-7H,1-2H3,(H,13,14,15). The molecular formula is C12H12N4S. The van der Waals surface area contributed by atoms with Crippen LogP contribution in [0.15, 0.2) is 29.9 Å². The molecule has 17 heavy (non-hydrogen) atoms. The molecule has 0 aliphatic carbocycles. The van der Waals surface area contributed by atoms with Gasteiger partial charge in [0.25, 0.3) is 0 Å². The maximum absolute atomic E-state index is 4.30. The highest BCUT2D eigenvalue weighted by molar-refractivity contribution is 7.17. The van der Waals surface area contributed by atoms with Crippen LogP contribution < -0.4 is 5.43 Å². The third kappa shape index (κ3) is 1.68. The van der Waals surface area contributed by atoms with Gasteiger partial charge in [0.1, 0.15) is 6.33 Å². The van der Waals surface area contributed by atoms with Crippen molar-refractivity contribution in [1.29, 1.82) is 0 Å². The molecule has 86 valence electrons. The summed E-state index contributed by atoms with van der Waals surface area (Å²) in [6.07, 6.45) is 1.59. The van der Waals surface area contributed by atoms with Crippen LogP contribution in [-0.2, 0) is 0 Å². The number of hydrogen-bond acceptors (Lipinski definition) is 4. The van der Waals surface area contributed by atoms with Crippen molar-refractivity contribution < 1.29 is 0 Å². The summed E-state index contributed by atoms with van der Waals surface area (Å²) < 4.78 is 3.11. The third-order valence-corrected chi connectivity index (χ3v) is 3.64. The van der Waals surface area contributed by atoms with E-state index in [1.165, 1.54) is 0 Å². The van der Waals surface area contributed by atoms with Crippen molar-refractivity contribution in [2.45, 2.75) is 13.8 Å². The Morgan fingerprint density at radius 1 is 1.12 bits per heavy atom. The lowest BCUT2D eigenvalue weighted by Crippen LogP contribution is -2.13. The van der Waals surface area contributed by atoms with Gasteiger partial charge in [-0.1, -0.05) is 0 Å². The van der Waals surface area contributed by atoms with Crippen LogP contribution in [0.3, 0.4) is 0 Å². The second kappa shape index (κ2) is 3.85. The zero-order valence-corrected chi connectivity index (χ0v) is 10.5. The second-order valence-corrected chi connectivity index (χ2v) is 4.84. The quantitative estimate of drug-likeness (QED) is 0.753. The second-order valence-electron chi connectivity index (χ2n) is 3.92. The van der Waals surface area contributed by atoms with Gasteiger partial charge in [0.2, 0.25) is 0 Å². The Labute approximate surface area is 103 Å². The average Bonchev–Trinajstić information content (AvgIpc) is 2.91. The van der Waals surface area contributed by atoms with Crippen molar-refractivity contribution in [3.05, 3.63) is 41.3 Å². The molecule has 1 N–H and O–H groups in total. The van der Waals surface area contributed by atoms with E-state index >= 15 is 0 Å². The minimum absolute atomic E-state index is 0.854. The first-order valence-electron chi connectivity index (χ1n) is 5.36. The largest absolute Gasteiger partial charge is 0.276 e. The van der Waals surface area contributed by atoms with E-state index in [1.807, 2.05) is 16.1 Å². The lowest BCUT2D eigenvalue weighted by molar-refractivity contribution is 0.873. The van der Waals surface area contributed by atoms with E-state index in [4.69, 9.17) is 0 Å². The fourth-order valence-corrected chi connectivity index (χ4v) is 2.60. The molecule has 0 unspecified atom stereocenters. The Bertz CT molecular complexity index is 649. The summed E-state index contributed by atoms with van der Waals surface area (Å²) >= 11 is 1.65. The van der Waals surface area contributed by atoms with E-state index in [1.54, 1.807) is 17.7 Å². The van der Waals surface area contributed by atoms with Crippen LogP contribution in [0.25, 0.3) is 10.2 Å². The summed E-state index contributed by atoms with van der Waals surface area (Å²) in [5.74, 6) is 0.854. The molecule has 0 aliphatic rings. The Morgan fingerprint density at radius 3 is 2.65 bits per heavy atom. The van der Waals surface area contributed by atoms with Crippen molar-refractivity contribution in [2.24, 2.45) is 0 Å². The number of rotatable bonds is 2. The van der Waals surface area contributed by atoms with E-state index in [9.17, 15) is 0 Å². The van der Waals surface area contributed by atoms with Crippen molar-refractivity contribution in [2.75, 3.05) is 5.43 Å². The molecule has 5 heteroatoms. The van der Waals surface area contributed by atoms with E-state index in [0.717, 1.165) is 27.4 Å². The van der Waals surface area contributed by atoms with Crippen LogP contribution in [0.5, 0.6) is 0 Å². The van der Waals surface area contributed by atoms with E-state index in [2.05, 4.69) is 41.4 Å². The smallest absolute Gasteiger partial charge is 0.166 e. The molecule has 3 rings (SSSR count). The zero-order chi connectivity index (χ0) is 11.8. The van der Waals surface area contributed by atoms with Gasteiger partial charge < -0.3 is 0 Å². The number of nitrogens with zero attached hydrogens (tertiary/aromatic N) is 3. The lowest BCUT2D eigenvalue weighted by atomic mass is 10.4. The molecule has 0 bridgehead atoms. The van der Waals surface area contributed by atoms with Crippen molar-refractivity contribution >= 4 is 27.4 Å². The number of aromatic nitrogens is 3. The summed E-state index contributed by atoms with van der Waals surface area (Å²) in [7, 11) is 0. The fraction of sp³-hybridized carbons (Fsp3) is 0.167. The Hall–Kier alpha value is -1.88. The Balaban J connectivity index is 2.08. The number of thiophene rings is 1. The molecule has 0 saturated heterocycles. The number of fused-ring (bicyclic) bond motifs is 1. The van der Waals surface area contributed by atoms with Crippen LogP contribution in [0.4, 0.5) is 5.82 Å². The third-order valence-electron chi connectivity index (χ3n) is 2.73. The van der Waals surface area contributed by atoms with Crippen LogP contribution in [-0.4, -0.2) is 14.6 Å². The summed E-state index contributed by atoms with van der Waals surface area (Å²) in [6.45, 7) is 4.12. The maximum atomic E-state index is 4.30. The summed E-state index contributed by atoms with van der Waals surface area (Å²) in [5, 5.41) is 2.03. The number of hydrogen-bond donors (Lipinski definition) is 1. The summed E-state index contributed by atoms with van der Waals surface area (Å²) in [5.41, 5.74) is 6.62. The molecule has 0 spiro atoms. The normalized spacial score (nSPS) is 10.9. The molecule has 0 radical (unpaired) electrons. The van der Waals surface area contributed by atoms with Crippen LogP contribution in [0.1, 0.15) is 11.4 Å². The van der Waals surface area contributed by atoms with Crippen molar-refractivity contribution in [3.8, 4) is 0 Å². The van der Waals surface area contributed by atoms with Gasteiger partial charge in [0.15, 0.2) is 5.82 Å². The monoisotopic (exact) mass is 244 g/mol. The summed E-state index contributed by atoms with van der Waals surface area (Å²) in [4.78, 5) is 8.53. The molecule has 0 saturated carbocycles. The van der Waals surface area contributed by atoms with Crippen LogP contribution in [0, 0.1) is 13.8 Å². The molecule has 3 aromatic heterocycles. The Kier molecular flexibility index (Phi) is 2.33. The van der Waals surface area contributed by atoms with E-state index in [0.29, 0.717) is 0 Å². The maximum Gasteiger partial charge on any atom is 0.166 e. The minimum Gasteiger partial charge on any atom is -0.276 e. The van der Waals surface area contributed by atoms with Gasteiger partial charge in [-0.05, 0) is 37.4 Å². The van der Waals surface area contributed by atoms with Gasteiger partial charge in [-0.15, -0.1) is 11.3 Å². The topological polar surface area (TPSA) is 42.7 Å². The first-order chi connectivity index (χ1) is 8.25. The number of anilines is 1. The van der Waals surface area contributed by atoms with Gasteiger partial charge >= 0.3 is 0 Å². The molecular weight excluding hydrogens is 232 g/mol. The van der Waals surface area contributed by atoms with Gasteiger partial charge in [0, 0.05) is 11.4 Å². The zero-order valence-electron chi connectivity index (χ0n) is 9.64. The molecule has 3 aromatic rings. The first kappa shape index (κ1) is 10.3. The summed E-state index contributed by atoms with van der Waals surface area (Å²) in [6, 6.07) is 6.16. The van der Waals surface area contributed by atoms with E-state index < -0.39 is 0 Å². The molecule has 0 aliphatic heterocycles. The fourth-order valence-electron chi connectivity index (χ4n) is 1.82. The van der Waals surface area contributed by atoms with Gasteiger partial charge in [-0.3, -0.25) is 10.1 Å². The van der Waals surface area contributed by atoms with Gasteiger partial charge in [0.05, 0.1) is 10.2 Å². The lowest BCUT2D eigenvalue weighted by Gasteiger charge is -2.11. The van der Waals surface area contributed by atoms with Gasteiger partial charge in [-0.25, -0.2) is 9.97 Å². The number of aryl methyl sites for hydroxylation is 2. The predicted molar refractivity (Wildman–Crippen MR) is 70.3 cm³/mol. The molecule has 3 heterocycles. The van der Waals surface area contributed by atoms with Gasteiger partial charge in [-0.2, -0.15) is 0 Å². The van der Waals surface area contributed by atoms with Crippen molar-refractivity contribution in [1.82, 2.24) is 14.6 Å². The number of nitrogens with one attached hydrogen (secondary N) is 1. The minimum atomic E-state index is 0.854.